The molecule has 0 aliphatic rings. The highest BCUT2D eigenvalue weighted by atomic mass is 32.4. The van der Waals surface area contributed by atoms with Crippen LogP contribution in [0.5, 0.6) is 0 Å². The molecule has 0 saturated carbocycles. The third-order valence-corrected chi connectivity index (χ3v) is 16.7. The average molecular weight is 433 g/mol. The molecule has 0 N–H and O–H groups in total. The first-order chi connectivity index (χ1) is 14.0. The molecule has 3 rings (SSSR count). The Morgan fingerprint density at radius 1 is 0.500 bits per heavy atom. The van der Waals surface area contributed by atoms with E-state index in [-0.39, 0.29) is 15.6 Å². The number of rotatable bonds is 6. The third-order valence-electron chi connectivity index (χ3n) is 7.33. The Labute approximate surface area is 188 Å². The summed E-state index contributed by atoms with van der Waals surface area (Å²) in [6, 6.07) is 33.7. The monoisotopic (exact) mass is 432 g/mol. The van der Waals surface area contributed by atoms with Crippen molar-refractivity contribution in [2.24, 2.45) is 10.8 Å². The topological polar surface area (TPSA) is 0 Å². The summed E-state index contributed by atoms with van der Waals surface area (Å²) in [5.74, 6) is 0. The summed E-state index contributed by atoms with van der Waals surface area (Å²) >= 11 is 2.23. The average Bonchev–Trinajstić information content (AvgIpc) is 2.73. The van der Waals surface area contributed by atoms with Gasteiger partial charge in [0.15, 0.2) is 0 Å². The Kier molecular flexibility index (Phi) is 6.41. The van der Waals surface area contributed by atoms with Gasteiger partial charge in [-0.3, -0.25) is 0 Å². The summed E-state index contributed by atoms with van der Waals surface area (Å²) in [5, 5.41) is 4.39. The van der Waals surface area contributed by atoms with Crippen LogP contribution in [-0.4, -0.2) is 12.0 Å². The van der Waals surface area contributed by atoms with Crippen LogP contribution in [-0.2, 0) is 0 Å². The molecule has 0 unspecified atom stereocenters. The maximum Gasteiger partial charge on any atom is 0.210 e. The minimum absolute atomic E-state index is 0.0546. The summed E-state index contributed by atoms with van der Waals surface area (Å²) in [7, 11) is -2.33. The van der Waals surface area contributed by atoms with Gasteiger partial charge in [-0.1, -0.05) is 139 Å². The highest BCUT2D eigenvalue weighted by Crippen LogP contribution is 2.54. The Balaban J connectivity index is 2.32. The SMILES string of the molecule is CC(C)(C)C(C)(C)C(C)(C)S[Si](c1ccccc1)(c1ccccc1)c1ccccc1. The van der Waals surface area contributed by atoms with Gasteiger partial charge in [-0.2, -0.15) is 11.2 Å². The summed E-state index contributed by atoms with van der Waals surface area (Å²) in [6.45, 7) is 16.9. The Hall–Kier alpha value is -1.77. The van der Waals surface area contributed by atoms with E-state index in [2.05, 4.69) is 151 Å². The van der Waals surface area contributed by atoms with Gasteiger partial charge < -0.3 is 0 Å². The number of benzene rings is 3. The zero-order valence-electron chi connectivity index (χ0n) is 19.6. The Morgan fingerprint density at radius 3 is 1.07 bits per heavy atom. The molecule has 30 heavy (non-hydrogen) atoms. The van der Waals surface area contributed by atoms with Crippen molar-refractivity contribution in [2.75, 3.05) is 0 Å². The van der Waals surface area contributed by atoms with Crippen molar-refractivity contribution in [3.05, 3.63) is 91.0 Å². The van der Waals surface area contributed by atoms with Crippen molar-refractivity contribution in [2.45, 2.75) is 53.2 Å². The predicted octanol–water partition coefficient (Wildman–Crippen LogP) is 6.24. The van der Waals surface area contributed by atoms with E-state index in [1.165, 1.54) is 15.6 Å². The zero-order chi connectivity index (χ0) is 22.0. The number of hydrogen-bond acceptors (Lipinski definition) is 1. The van der Waals surface area contributed by atoms with Gasteiger partial charge in [0.05, 0.1) is 0 Å². The molecular weight excluding hydrogens is 396 g/mol. The molecule has 0 bridgehead atoms. The lowest BCUT2D eigenvalue weighted by Gasteiger charge is -2.53. The van der Waals surface area contributed by atoms with E-state index in [9.17, 15) is 0 Å². The fourth-order valence-corrected chi connectivity index (χ4v) is 14.1. The first-order valence-corrected chi connectivity index (χ1v) is 14.4. The molecule has 0 aliphatic heterocycles. The molecular formula is C28H36SSi. The standard InChI is InChI=1S/C28H36SSi/c1-26(2,3)27(4,5)28(6,7)29-30(23-17-11-8-12-18-23,24-19-13-9-14-20-24)25-21-15-10-16-22-25/h8-22H,1-7H3. The largest absolute Gasteiger partial charge is 0.210 e. The van der Waals surface area contributed by atoms with Crippen LogP contribution in [0, 0.1) is 10.8 Å². The van der Waals surface area contributed by atoms with E-state index in [0.29, 0.717) is 0 Å². The van der Waals surface area contributed by atoms with E-state index in [0.717, 1.165) is 0 Å². The summed E-state index contributed by atoms with van der Waals surface area (Å²) in [6.07, 6.45) is 0. The van der Waals surface area contributed by atoms with Crippen molar-refractivity contribution >= 4 is 34.0 Å². The minimum atomic E-state index is -2.33. The first kappa shape index (κ1) is 22.9. The molecule has 0 heterocycles. The lowest BCUT2D eigenvalue weighted by Crippen LogP contribution is -2.67. The maximum atomic E-state index is 2.46. The molecule has 0 radical (unpaired) electrons. The molecule has 0 saturated heterocycles. The van der Waals surface area contributed by atoms with Crippen molar-refractivity contribution in [3.63, 3.8) is 0 Å². The van der Waals surface area contributed by atoms with E-state index in [1.807, 2.05) is 0 Å². The van der Waals surface area contributed by atoms with Gasteiger partial charge in [0, 0.05) is 4.75 Å². The van der Waals surface area contributed by atoms with Gasteiger partial charge in [0.25, 0.3) is 0 Å². The van der Waals surface area contributed by atoms with Crippen LogP contribution >= 0.6 is 11.2 Å². The van der Waals surface area contributed by atoms with Crippen molar-refractivity contribution < 1.29 is 0 Å². The van der Waals surface area contributed by atoms with Gasteiger partial charge in [-0.05, 0) is 26.4 Å². The molecule has 3 aromatic carbocycles. The van der Waals surface area contributed by atoms with Crippen LogP contribution < -0.4 is 15.6 Å². The molecule has 0 aromatic heterocycles. The second-order valence-electron chi connectivity index (χ2n) is 10.3. The van der Waals surface area contributed by atoms with Gasteiger partial charge >= 0.3 is 0 Å². The van der Waals surface area contributed by atoms with Crippen LogP contribution in [0.15, 0.2) is 91.0 Å². The molecule has 0 fully saturated rings. The maximum absolute atomic E-state index is 2.46. The molecule has 3 aromatic rings. The Morgan fingerprint density at radius 2 is 0.800 bits per heavy atom. The summed E-state index contributed by atoms with van der Waals surface area (Å²) < 4.78 is 0.0546. The van der Waals surface area contributed by atoms with Crippen LogP contribution in [0.4, 0.5) is 0 Å². The number of hydrogen-bond donors (Lipinski definition) is 0. The van der Waals surface area contributed by atoms with Gasteiger partial charge in [0.1, 0.15) is 0 Å². The van der Waals surface area contributed by atoms with Crippen LogP contribution in [0.2, 0.25) is 0 Å². The van der Waals surface area contributed by atoms with E-state index < -0.39 is 7.22 Å². The van der Waals surface area contributed by atoms with Crippen LogP contribution in [0.25, 0.3) is 0 Å². The summed E-state index contributed by atoms with van der Waals surface area (Å²) in [4.78, 5) is 0. The van der Waals surface area contributed by atoms with Crippen molar-refractivity contribution in [1.82, 2.24) is 0 Å². The zero-order valence-corrected chi connectivity index (χ0v) is 21.4. The fourth-order valence-electron chi connectivity index (χ4n) is 4.11. The second kappa shape index (κ2) is 8.40. The molecule has 0 atom stereocenters. The lowest BCUT2D eigenvalue weighted by molar-refractivity contribution is 0.0940. The molecule has 158 valence electrons. The molecule has 0 amide bonds. The first-order valence-electron chi connectivity index (χ1n) is 10.9. The van der Waals surface area contributed by atoms with Gasteiger partial charge in [0.2, 0.25) is 7.22 Å². The van der Waals surface area contributed by atoms with Crippen LogP contribution in [0.1, 0.15) is 48.5 Å². The molecule has 2 heteroatoms. The van der Waals surface area contributed by atoms with Crippen molar-refractivity contribution in [1.29, 1.82) is 0 Å². The quantitative estimate of drug-likeness (QED) is 0.328. The second-order valence-corrected chi connectivity index (χ2v) is 17.0. The Bertz CT molecular complexity index is 842. The van der Waals surface area contributed by atoms with E-state index in [1.54, 1.807) is 0 Å². The fraction of sp³-hybridized carbons (Fsp3) is 0.357. The molecule has 0 spiro atoms. The highest BCUT2D eigenvalue weighted by Gasteiger charge is 2.52. The highest BCUT2D eigenvalue weighted by molar-refractivity contribution is 8.34. The lowest BCUT2D eigenvalue weighted by atomic mass is 9.63. The molecule has 0 aliphatic carbocycles. The van der Waals surface area contributed by atoms with E-state index >= 15 is 0 Å². The van der Waals surface area contributed by atoms with Gasteiger partial charge in [-0.15, -0.1) is 0 Å². The third kappa shape index (κ3) is 4.05. The smallest absolute Gasteiger partial charge is 0.162 e. The van der Waals surface area contributed by atoms with Crippen LogP contribution in [0.3, 0.4) is 0 Å². The minimum Gasteiger partial charge on any atom is -0.162 e. The molecule has 0 nitrogen and oxygen atoms in total. The predicted molar refractivity (Wildman–Crippen MR) is 139 cm³/mol. The van der Waals surface area contributed by atoms with Gasteiger partial charge in [-0.25, -0.2) is 0 Å². The van der Waals surface area contributed by atoms with E-state index in [4.69, 9.17) is 0 Å². The van der Waals surface area contributed by atoms with Crippen molar-refractivity contribution in [3.8, 4) is 0 Å². The summed E-state index contributed by atoms with van der Waals surface area (Å²) in [5.41, 5.74) is 0.314. The normalized spacial score (nSPS) is 13.3.